The zero-order chi connectivity index (χ0) is 25.3. The number of aromatic nitrogens is 1. The molecule has 0 unspecified atom stereocenters. The standard InChI is InChI=1S/C27H25BrN4O3/c1-15-10-16(2)12-21(11-15)29-25(33)23-14-19-13-20(28)8-9-22(19)32(23)31-27(35)26(34)30-24-17(3)6-5-7-18(24)4/h5-14H,1-4H3,(H,29,33)(H,30,34)(H,31,35). The molecule has 3 amide bonds. The second-order valence-electron chi connectivity index (χ2n) is 8.56. The molecule has 0 saturated carbocycles. The highest BCUT2D eigenvalue weighted by Crippen LogP contribution is 2.25. The van der Waals surface area contributed by atoms with Crippen molar-refractivity contribution in [1.29, 1.82) is 0 Å². The molecule has 4 aromatic rings. The van der Waals surface area contributed by atoms with E-state index < -0.39 is 17.7 Å². The van der Waals surface area contributed by atoms with Gasteiger partial charge < -0.3 is 10.6 Å². The molecule has 7 nitrogen and oxygen atoms in total. The van der Waals surface area contributed by atoms with E-state index in [9.17, 15) is 14.4 Å². The maximum atomic E-state index is 13.2. The summed E-state index contributed by atoms with van der Waals surface area (Å²) in [5.74, 6) is -2.15. The van der Waals surface area contributed by atoms with E-state index in [1.54, 1.807) is 18.2 Å². The van der Waals surface area contributed by atoms with Gasteiger partial charge in [-0.15, -0.1) is 0 Å². The van der Waals surface area contributed by atoms with Crippen LogP contribution in [0.4, 0.5) is 11.4 Å². The molecule has 178 valence electrons. The van der Waals surface area contributed by atoms with E-state index in [4.69, 9.17) is 0 Å². The third-order valence-corrected chi connectivity index (χ3v) is 6.11. The van der Waals surface area contributed by atoms with Crippen LogP contribution in [0.1, 0.15) is 32.7 Å². The Morgan fingerprint density at radius 3 is 2.09 bits per heavy atom. The van der Waals surface area contributed by atoms with Crippen molar-refractivity contribution in [2.24, 2.45) is 0 Å². The van der Waals surface area contributed by atoms with E-state index in [0.717, 1.165) is 32.1 Å². The Morgan fingerprint density at radius 2 is 1.43 bits per heavy atom. The predicted molar refractivity (Wildman–Crippen MR) is 142 cm³/mol. The highest BCUT2D eigenvalue weighted by Gasteiger charge is 2.22. The number of nitrogens with one attached hydrogen (secondary N) is 3. The van der Waals surface area contributed by atoms with E-state index >= 15 is 0 Å². The molecule has 0 fully saturated rings. The number of nitrogens with zero attached hydrogens (tertiary/aromatic N) is 1. The minimum atomic E-state index is -0.895. The van der Waals surface area contributed by atoms with Crippen molar-refractivity contribution in [3.05, 3.63) is 93.1 Å². The summed E-state index contributed by atoms with van der Waals surface area (Å²) >= 11 is 3.44. The number of para-hydroxylation sites is 1. The molecule has 0 radical (unpaired) electrons. The quantitative estimate of drug-likeness (QED) is 0.299. The number of hydrogen-bond donors (Lipinski definition) is 3. The molecule has 3 N–H and O–H groups in total. The first kappa shape index (κ1) is 24.2. The van der Waals surface area contributed by atoms with E-state index in [1.807, 2.05) is 70.2 Å². The highest BCUT2D eigenvalue weighted by molar-refractivity contribution is 9.10. The molecular weight excluding hydrogens is 508 g/mol. The maximum Gasteiger partial charge on any atom is 0.328 e. The lowest BCUT2D eigenvalue weighted by Gasteiger charge is -2.14. The van der Waals surface area contributed by atoms with Crippen molar-refractivity contribution in [3.63, 3.8) is 0 Å². The van der Waals surface area contributed by atoms with Gasteiger partial charge in [-0.1, -0.05) is 40.2 Å². The van der Waals surface area contributed by atoms with Gasteiger partial charge in [0.1, 0.15) is 5.69 Å². The number of carbonyl (C=O) groups is 3. The fraction of sp³-hybridized carbons (Fsp3) is 0.148. The van der Waals surface area contributed by atoms with Crippen LogP contribution >= 0.6 is 15.9 Å². The fourth-order valence-electron chi connectivity index (χ4n) is 4.05. The Balaban J connectivity index is 1.65. The first-order valence-electron chi connectivity index (χ1n) is 11.0. The summed E-state index contributed by atoms with van der Waals surface area (Å²) in [7, 11) is 0. The average molecular weight is 533 g/mol. The van der Waals surface area contributed by atoms with E-state index in [0.29, 0.717) is 16.9 Å². The summed E-state index contributed by atoms with van der Waals surface area (Å²) in [6.45, 7) is 7.61. The first-order valence-corrected chi connectivity index (χ1v) is 11.8. The van der Waals surface area contributed by atoms with Gasteiger partial charge in [0.15, 0.2) is 0 Å². The van der Waals surface area contributed by atoms with Crippen LogP contribution in [0.2, 0.25) is 0 Å². The lowest BCUT2D eigenvalue weighted by Crippen LogP contribution is -2.36. The smallest absolute Gasteiger partial charge is 0.321 e. The molecule has 0 aliphatic heterocycles. The number of carbonyl (C=O) groups excluding carboxylic acids is 3. The van der Waals surface area contributed by atoms with E-state index in [1.165, 1.54) is 4.68 Å². The Hall–Kier alpha value is -3.91. The molecular formula is C27H25BrN4O3. The zero-order valence-corrected chi connectivity index (χ0v) is 21.4. The van der Waals surface area contributed by atoms with Crippen LogP contribution in [0.3, 0.4) is 0 Å². The molecule has 4 rings (SSSR count). The van der Waals surface area contributed by atoms with Crippen molar-refractivity contribution in [1.82, 2.24) is 4.68 Å². The number of aryl methyl sites for hydroxylation is 4. The molecule has 0 atom stereocenters. The number of halogens is 1. The minimum Gasteiger partial charge on any atom is -0.321 e. The lowest BCUT2D eigenvalue weighted by molar-refractivity contribution is -0.133. The third-order valence-electron chi connectivity index (χ3n) is 5.62. The molecule has 3 aromatic carbocycles. The Kier molecular flexibility index (Phi) is 6.75. The van der Waals surface area contributed by atoms with Gasteiger partial charge >= 0.3 is 11.8 Å². The van der Waals surface area contributed by atoms with Gasteiger partial charge in [0.25, 0.3) is 5.91 Å². The third kappa shape index (κ3) is 5.27. The first-order chi connectivity index (χ1) is 16.6. The van der Waals surface area contributed by atoms with Gasteiger partial charge in [0, 0.05) is 21.2 Å². The van der Waals surface area contributed by atoms with Crippen molar-refractivity contribution in [2.75, 3.05) is 16.1 Å². The van der Waals surface area contributed by atoms with Crippen LogP contribution in [0, 0.1) is 27.7 Å². The molecule has 1 aromatic heterocycles. The van der Waals surface area contributed by atoms with Crippen molar-refractivity contribution >= 4 is 55.9 Å². The molecule has 1 heterocycles. The van der Waals surface area contributed by atoms with Crippen LogP contribution in [0.25, 0.3) is 10.9 Å². The van der Waals surface area contributed by atoms with Gasteiger partial charge in [0.05, 0.1) is 5.52 Å². The lowest BCUT2D eigenvalue weighted by atomic mass is 10.1. The SMILES string of the molecule is Cc1cc(C)cc(NC(=O)c2cc3cc(Br)ccc3n2NC(=O)C(=O)Nc2c(C)cccc2C)c1. The summed E-state index contributed by atoms with van der Waals surface area (Å²) in [6.07, 6.45) is 0. The zero-order valence-electron chi connectivity index (χ0n) is 19.8. The summed E-state index contributed by atoms with van der Waals surface area (Å²) in [5, 5.41) is 6.29. The summed E-state index contributed by atoms with van der Waals surface area (Å²) in [5.41, 5.74) is 8.30. The number of fused-ring (bicyclic) bond motifs is 1. The molecule has 0 aliphatic rings. The average Bonchev–Trinajstić information content (AvgIpc) is 3.12. The number of amides is 3. The molecule has 0 bridgehead atoms. The second kappa shape index (κ2) is 9.76. The van der Waals surface area contributed by atoms with Gasteiger partial charge in [-0.25, -0.2) is 4.68 Å². The number of anilines is 2. The van der Waals surface area contributed by atoms with Crippen LogP contribution in [0.5, 0.6) is 0 Å². The van der Waals surface area contributed by atoms with Crippen molar-refractivity contribution in [2.45, 2.75) is 27.7 Å². The number of hydrogen-bond acceptors (Lipinski definition) is 3. The number of benzene rings is 3. The van der Waals surface area contributed by atoms with Gasteiger partial charge in [-0.05, 0) is 86.3 Å². The van der Waals surface area contributed by atoms with Crippen molar-refractivity contribution < 1.29 is 14.4 Å². The monoisotopic (exact) mass is 532 g/mol. The van der Waals surface area contributed by atoms with Gasteiger partial charge in [-0.2, -0.15) is 0 Å². The minimum absolute atomic E-state index is 0.186. The summed E-state index contributed by atoms with van der Waals surface area (Å²) in [6, 6.07) is 18.4. The Bertz CT molecular complexity index is 1450. The molecule has 0 aliphatic carbocycles. The summed E-state index contributed by atoms with van der Waals surface area (Å²) in [4.78, 5) is 38.9. The molecule has 0 spiro atoms. The second-order valence-corrected chi connectivity index (χ2v) is 9.48. The van der Waals surface area contributed by atoms with Crippen molar-refractivity contribution in [3.8, 4) is 0 Å². The fourth-order valence-corrected chi connectivity index (χ4v) is 4.43. The van der Waals surface area contributed by atoms with Crippen LogP contribution in [-0.4, -0.2) is 22.4 Å². The van der Waals surface area contributed by atoms with E-state index in [2.05, 4.69) is 32.0 Å². The van der Waals surface area contributed by atoms with E-state index in [-0.39, 0.29) is 5.69 Å². The largest absolute Gasteiger partial charge is 0.328 e. The topological polar surface area (TPSA) is 92.2 Å². The Labute approximate surface area is 211 Å². The molecule has 0 saturated heterocycles. The number of rotatable bonds is 4. The summed E-state index contributed by atoms with van der Waals surface area (Å²) < 4.78 is 2.16. The normalized spacial score (nSPS) is 10.8. The Morgan fingerprint density at radius 1 is 0.771 bits per heavy atom. The van der Waals surface area contributed by atoms with Gasteiger partial charge in [-0.3, -0.25) is 19.8 Å². The van der Waals surface area contributed by atoms with Gasteiger partial charge in [0.2, 0.25) is 0 Å². The van der Waals surface area contributed by atoms with Crippen LogP contribution in [-0.2, 0) is 9.59 Å². The predicted octanol–water partition coefficient (Wildman–Crippen LogP) is 5.60. The molecule has 35 heavy (non-hydrogen) atoms. The van der Waals surface area contributed by atoms with Crippen LogP contribution < -0.4 is 16.1 Å². The van der Waals surface area contributed by atoms with Crippen LogP contribution in [0.15, 0.2) is 65.1 Å². The highest BCUT2D eigenvalue weighted by atomic mass is 79.9. The molecule has 8 heteroatoms. The maximum absolute atomic E-state index is 13.2.